The number of nitrogens with two attached hydrogens (primary N) is 1. The zero-order valence-corrected chi connectivity index (χ0v) is 16.1. The Morgan fingerprint density at radius 2 is 1.72 bits per heavy atom. The average Bonchev–Trinajstić information content (AvgIpc) is 2.84. The summed E-state index contributed by atoms with van der Waals surface area (Å²) in [7, 11) is -3.09. The maximum atomic E-state index is 12.0. The number of carbonyl (C=O) groups excluding carboxylic acids is 1. The van der Waals surface area contributed by atoms with Crippen molar-refractivity contribution in [2.24, 2.45) is 10.7 Å². The summed E-state index contributed by atoms with van der Waals surface area (Å²) in [5.41, 5.74) is 5.49. The normalized spacial score (nSPS) is 22.3. The molecule has 0 bridgehead atoms. The number of ether oxygens (including phenoxy) is 1. The van der Waals surface area contributed by atoms with Crippen molar-refractivity contribution >= 4 is 22.1 Å². The molecule has 2 saturated heterocycles. The molecule has 0 unspecified atom stereocenters. The van der Waals surface area contributed by atoms with Crippen molar-refractivity contribution < 1.29 is 17.9 Å². The fraction of sp³-hybridized carbons (Fsp3) is 0.867. The van der Waals surface area contributed by atoms with Crippen LogP contribution in [-0.4, -0.2) is 91.7 Å². The summed E-state index contributed by atoms with van der Waals surface area (Å²) >= 11 is 0. The molecule has 144 valence electrons. The van der Waals surface area contributed by atoms with Gasteiger partial charge in [-0.05, 0) is 27.2 Å². The van der Waals surface area contributed by atoms with Gasteiger partial charge in [0.15, 0.2) is 5.96 Å². The van der Waals surface area contributed by atoms with E-state index in [-0.39, 0.29) is 11.8 Å². The SMILES string of the molecule is CC(C)(C)OC(=O)N1CCN(C(N)=NCCN2CCCS2(=O)=O)CC1. The third-order valence-electron chi connectivity index (χ3n) is 4.08. The Labute approximate surface area is 149 Å². The van der Waals surface area contributed by atoms with Crippen molar-refractivity contribution in [2.75, 3.05) is 51.6 Å². The van der Waals surface area contributed by atoms with Crippen LogP contribution in [-0.2, 0) is 14.8 Å². The van der Waals surface area contributed by atoms with Crippen LogP contribution in [0.4, 0.5) is 4.79 Å². The molecule has 9 nitrogen and oxygen atoms in total. The fourth-order valence-electron chi connectivity index (χ4n) is 2.76. The predicted molar refractivity (Wildman–Crippen MR) is 95.8 cm³/mol. The minimum Gasteiger partial charge on any atom is -0.444 e. The molecular formula is C15H29N5O4S. The summed E-state index contributed by atoms with van der Waals surface area (Å²) in [6.45, 7) is 8.99. The predicted octanol–water partition coefficient (Wildman–Crippen LogP) is -0.111. The van der Waals surface area contributed by atoms with E-state index in [1.54, 1.807) is 4.90 Å². The molecule has 25 heavy (non-hydrogen) atoms. The number of hydrogen-bond donors (Lipinski definition) is 1. The van der Waals surface area contributed by atoms with Crippen LogP contribution in [0.1, 0.15) is 27.2 Å². The van der Waals surface area contributed by atoms with Crippen LogP contribution in [0.5, 0.6) is 0 Å². The number of nitrogens with zero attached hydrogens (tertiary/aromatic N) is 4. The van der Waals surface area contributed by atoms with Crippen molar-refractivity contribution in [3.05, 3.63) is 0 Å². The first-order chi connectivity index (χ1) is 11.6. The Hall–Kier alpha value is -1.55. The molecule has 2 N–H and O–H groups in total. The lowest BCUT2D eigenvalue weighted by Gasteiger charge is -2.36. The highest BCUT2D eigenvalue weighted by molar-refractivity contribution is 7.89. The summed E-state index contributed by atoms with van der Waals surface area (Å²) < 4.78 is 30.3. The third kappa shape index (κ3) is 5.74. The number of piperazine rings is 1. The lowest BCUT2D eigenvalue weighted by atomic mass is 10.2. The second-order valence-corrected chi connectivity index (χ2v) is 9.35. The van der Waals surface area contributed by atoms with Crippen LogP contribution in [0, 0.1) is 0 Å². The first-order valence-corrected chi connectivity index (χ1v) is 10.2. The molecule has 2 heterocycles. The Morgan fingerprint density at radius 3 is 2.24 bits per heavy atom. The topological polar surface area (TPSA) is 109 Å². The lowest BCUT2D eigenvalue weighted by Crippen LogP contribution is -2.53. The van der Waals surface area contributed by atoms with E-state index in [0.29, 0.717) is 58.2 Å². The number of rotatable bonds is 3. The van der Waals surface area contributed by atoms with E-state index in [4.69, 9.17) is 10.5 Å². The summed E-state index contributed by atoms with van der Waals surface area (Å²) in [5, 5.41) is 0. The molecule has 0 saturated carbocycles. The highest BCUT2D eigenvalue weighted by Crippen LogP contribution is 2.13. The molecular weight excluding hydrogens is 346 g/mol. The van der Waals surface area contributed by atoms with E-state index in [1.807, 2.05) is 25.7 Å². The van der Waals surface area contributed by atoms with Crippen molar-refractivity contribution in [2.45, 2.75) is 32.8 Å². The maximum absolute atomic E-state index is 12.0. The van der Waals surface area contributed by atoms with Crippen molar-refractivity contribution in [1.29, 1.82) is 0 Å². The molecule has 0 radical (unpaired) electrons. The van der Waals surface area contributed by atoms with Crippen molar-refractivity contribution in [1.82, 2.24) is 14.1 Å². The van der Waals surface area contributed by atoms with Crippen LogP contribution in [0.2, 0.25) is 0 Å². The minimum absolute atomic E-state index is 0.221. The zero-order chi connectivity index (χ0) is 18.7. The van der Waals surface area contributed by atoms with Gasteiger partial charge in [0.2, 0.25) is 10.0 Å². The second kappa shape index (κ2) is 7.77. The maximum Gasteiger partial charge on any atom is 0.410 e. The summed E-state index contributed by atoms with van der Waals surface area (Å²) in [6, 6.07) is 0. The Balaban J connectivity index is 1.77. The molecule has 2 fully saturated rings. The van der Waals surface area contributed by atoms with E-state index in [9.17, 15) is 13.2 Å². The van der Waals surface area contributed by atoms with E-state index in [2.05, 4.69) is 4.99 Å². The third-order valence-corrected chi connectivity index (χ3v) is 6.04. The molecule has 0 aromatic rings. The number of guanidine groups is 1. The van der Waals surface area contributed by atoms with E-state index in [1.165, 1.54) is 4.31 Å². The van der Waals surface area contributed by atoms with Crippen LogP contribution in [0.15, 0.2) is 4.99 Å². The minimum atomic E-state index is -3.09. The van der Waals surface area contributed by atoms with Gasteiger partial charge >= 0.3 is 6.09 Å². The molecule has 10 heteroatoms. The number of carbonyl (C=O) groups is 1. The van der Waals surface area contributed by atoms with E-state index < -0.39 is 15.6 Å². The molecule has 0 atom stereocenters. The summed E-state index contributed by atoms with van der Waals surface area (Å²) in [4.78, 5) is 19.9. The molecule has 0 spiro atoms. The number of aliphatic imine (C=N–C) groups is 1. The molecule has 2 aliphatic rings. The van der Waals surface area contributed by atoms with Gasteiger partial charge in [-0.25, -0.2) is 17.5 Å². The first kappa shape index (κ1) is 19.8. The monoisotopic (exact) mass is 375 g/mol. The highest BCUT2D eigenvalue weighted by Gasteiger charge is 2.28. The summed E-state index contributed by atoms with van der Waals surface area (Å²) in [5.74, 6) is 0.610. The Bertz CT molecular complexity index is 606. The smallest absolute Gasteiger partial charge is 0.410 e. The quantitative estimate of drug-likeness (QED) is 0.545. The number of amides is 1. The van der Waals surface area contributed by atoms with Crippen LogP contribution >= 0.6 is 0 Å². The van der Waals surface area contributed by atoms with E-state index in [0.717, 1.165) is 0 Å². The van der Waals surface area contributed by atoms with Gasteiger partial charge in [0.05, 0.1) is 12.3 Å². The van der Waals surface area contributed by atoms with Gasteiger partial charge in [0.1, 0.15) is 5.60 Å². The van der Waals surface area contributed by atoms with Gasteiger partial charge in [0, 0.05) is 39.3 Å². The van der Waals surface area contributed by atoms with Crippen LogP contribution in [0.3, 0.4) is 0 Å². The Kier molecular flexibility index (Phi) is 6.15. The van der Waals surface area contributed by atoms with Gasteiger partial charge in [0.25, 0.3) is 0 Å². The second-order valence-electron chi connectivity index (χ2n) is 7.26. The molecule has 0 aromatic carbocycles. The van der Waals surface area contributed by atoms with Crippen molar-refractivity contribution in [3.63, 3.8) is 0 Å². The number of hydrogen-bond acceptors (Lipinski definition) is 5. The highest BCUT2D eigenvalue weighted by atomic mass is 32.2. The van der Waals surface area contributed by atoms with Crippen molar-refractivity contribution in [3.8, 4) is 0 Å². The molecule has 2 aliphatic heterocycles. The van der Waals surface area contributed by atoms with E-state index >= 15 is 0 Å². The van der Waals surface area contributed by atoms with Gasteiger partial charge in [-0.1, -0.05) is 0 Å². The van der Waals surface area contributed by atoms with Gasteiger partial charge in [-0.15, -0.1) is 0 Å². The Morgan fingerprint density at radius 1 is 1.12 bits per heavy atom. The molecule has 0 aliphatic carbocycles. The van der Waals surface area contributed by atoms with Crippen LogP contribution < -0.4 is 5.73 Å². The first-order valence-electron chi connectivity index (χ1n) is 8.59. The van der Waals surface area contributed by atoms with Gasteiger partial charge in [-0.2, -0.15) is 0 Å². The molecule has 0 aromatic heterocycles. The lowest BCUT2D eigenvalue weighted by molar-refractivity contribution is 0.0186. The molecule has 2 rings (SSSR count). The molecule has 1 amide bonds. The summed E-state index contributed by atoms with van der Waals surface area (Å²) in [6.07, 6.45) is 0.357. The number of sulfonamides is 1. The van der Waals surface area contributed by atoms with Crippen LogP contribution in [0.25, 0.3) is 0 Å². The fourth-order valence-corrected chi connectivity index (χ4v) is 4.28. The largest absolute Gasteiger partial charge is 0.444 e. The standard InChI is InChI=1S/C15H29N5O4S/c1-15(2,3)24-14(21)19-10-8-18(9-11-19)13(16)17-5-7-20-6-4-12-25(20,22)23/h4-12H2,1-3H3,(H2,16,17). The van der Waals surface area contributed by atoms with Gasteiger partial charge < -0.3 is 20.3 Å². The zero-order valence-electron chi connectivity index (χ0n) is 15.3. The van der Waals surface area contributed by atoms with Gasteiger partial charge in [-0.3, -0.25) is 4.99 Å². The average molecular weight is 375 g/mol.